The lowest BCUT2D eigenvalue weighted by Crippen LogP contribution is -2.12. The van der Waals surface area contributed by atoms with Crippen molar-refractivity contribution in [2.45, 2.75) is 0 Å². The zero-order valence-electron chi connectivity index (χ0n) is 7.19. The molecule has 0 bridgehead atoms. The largest absolute Gasteiger partial charge is 0.464 e. The van der Waals surface area contributed by atoms with Crippen molar-refractivity contribution in [3.8, 4) is 11.3 Å². The Kier molecular flexibility index (Phi) is 2.01. The molecule has 0 unspecified atom stereocenters. The summed E-state index contributed by atoms with van der Waals surface area (Å²) in [6.07, 6.45) is 1.54. The summed E-state index contributed by atoms with van der Waals surface area (Å²) in [4.78, 5) is 11.1. The molecule has 0 aliphatic rings. The second kappa shape index (κ2) is 3.19. The summed E-state index contributed by atoms with van der Waals surface area (Å²) in [5.74, 6) is 0.0712. The molecule has 4 nitrogen and oxygen atoms in total. The number of carbonyl (C=O) groups excluding carboxylic acids is 1. The number of hydrogen-bond donors (Lipinski definition) is 2. The SMILES string of the molecule is NC(=O)c1c(-c2ccco2)csc1N. The third-order valence-corrected chi connectivity index (χ3v) is 2.66. The number of carbonyl (C=O) groups is 1. The Hall–Kier alpha value is -1.75. The van der Waals surface area contributed by atoms with Gasteiger partial charge in [-0.15, -0.1) is 11.3 Å². The third-order valence-electron chi connectivity index (χ3n) is 1.85. The van der Waals surface area contributed by atoms with E-state index in [9.17, 15) is 4.79 Å². The highest BCUT2D eigenvalue weighted by Gasteiger charge is 2.17. The molecule has 0 atom stereocenters. The van der Waals surface area contributed by atoms with E-state index in [1.807, 2.05) is 0 Å². The first-order chi connectivity index (χ1) is 6.70. The summed E-state index contributed by atoms with van der Waals surface area (Å²) < 4.78 is 5.17. The molecule has 4 N–H and O–H groups in total. The number of furan rings is 1. The van der Waals surface area contributed by atoms with Crippen LogP contribution in [0.4, 0.5) is 5.00 Å². The van der Waals surface area contributed by atoms with Gasteiger partial charge < -0.3 is 15.9 Å². The Morgan fingerprint density at radius 3 is 2.86 bits per heavy atom. The summed E-state index contributed by atoms with van der Waals surface area (Å²) in [6.45, 7) is 0. The summed E-state index contributed by atoms with van der Waals surface area (Å²) in [6, 6.07) is 3.50. The van der Waals surface area contributed by atoms with E-state index in [2.05, 4.69) is 0 Å². The second-order valence-corrected chi connectivity index (χ2v) is 3.64. The van der Waals surface area contributed by atoms with Gasteiger partial charge in [-0.2, -0.15) is 0 Å². The van der Waals surface area contributed by atoms with Gasteiger partial charge in [0.25, 0.3) is 5.91 Å². The lowest BCUT2D eigenvalue weighted by molar-refractivity contribution is 0.100. The maximum atomic E-state index is 11.1. The Morgan fingerprint density at radius 1 is 1.50 bits per heavy atom. The van der Waals surface area contributed by atoms with Crippen LogP contribution >= 0.6 is 11.3 Å². The van der Waals surface area contributed by atoms with E-state index in [0.29, 0.717) is 21.9 Å². The highest BCUT2D eigenvalue weighted by atomic mass is 32.1. The van der Waals surface area contributed by atoms with Crippen molar-refractivity contribution in [2.24, 2.45) is 5.73 Å². The van der Waals surface area contributed by atoms with E-state index in [1.54, 1.807) is 17.5 Å². The zero-order valence-corrected chi connectivity index (χ0v) is 8.01. The molecule has 2 aromatic heterocycles. The van der Waals surface area contributed by atoms with Crippen LogP contribution < -0.4 is 11.5 Å². The standard InChI is InChI=1S/C9H8N2O2S/c10-8(12)7-5(4-14-9(7)11)6-2-1-3-13-6/h1-4H,11H2,(H2,10,12). The number of thiophene rings is 1. The number of nitrogens with two attached hydrogens (primary N) is 2. The predicted octanol–water partition coefficient (Wildman–Crippen LogP) is 1.69. The van der Waals surface area contributed by atoms with Crippen molar-refractivity contribution in [3.63, 3.8) is 0 Å². The lowest BCUT2D eigenvalue weighted by atomic mass is 10.1. The van der Waals surface area contributed by atoms with E-state index in [4.69, 9.17) is 15.9 Å². The first kappa shape index (κ1) is 8.83. The van der Waals surface area contributed by atoms with Crippen LogP contribution in [0.5, 0.6) is 0 Å². The van der Waals surface area contributed by atoms with Crippen LogP contribution in [0.15, 0.2) is 28.2 Å². The molecule has 0 aliphatic carbocycles. The molecule has 0 saturated heterocycles. The molecule has 0 radical (unpaired) electrons. The molecule has 0 fully saturated rings. The first-order valence-corrected chi connectivity index (χ1v) is 4.78. The van der Waals surface area contributed by atoms with Gasteiger partial charge in [-0.3, -0.25) is 4.79 Å². The normalized spacial score (nSPS) is 10.3. The lowest BCUT2D eigenvalue weighted by Gasteiger charge is -1.97. The summed E-state index contributed by atoms with van der Waals surface area (Å²) in [5.41, 5.74) is 11.8. The summed E-state index contributed by atoms with van der Waals surface area (Å²) in [5, 5.41) is 2.18. The first-order valence-electron chi connectivity index (χ1n) is 3.91. The minimum Gasteiger partial charge on any atom is -0.464 e. The molecule has 2 aromatic rings. The van der Waals surface area contributed by atoms with E-state index < -0.39 is 5.91 Å². The van der Waals surface area contributed by atoms with Gasteiger partial charge in [0.15, 0.2) is 0 Å². The molecule has 14 heavy (non-hydrogen) atoms. The second-order valence-electron chi connectivity index (χ2n) is 2.73. The summed E-state index contributed by atoms with van der Waals surface area (Å²) in [7, 11) is 0. The fraction of sp³-hybridized carbons (Fsp3) is 0. The van der Waals surface area contributed by atoms with E-state index in [-0.39, 0.29) is 0 Å². The van der Waals surface area contributed by atoms with Gasteiger partial charge in [-0.1, -0.05) is 0 Å². The number of hydrogen-bond acceptors (Lipinski definition) is 4. The molecule has 72 valence electrons. The minimum atomic E-state index is -0.532. The van der Waals surface area contributed by atoms with Crippen molar-refractivity contribution >= 4 is 22.2 Å². The highest BCUT2D eigenvalue weighted by molar-refractivity contribution is 7.14. The quantitative estimate of drug-likeness (QED) is 0.787. The van der Waals surface area contributed by atoms with Crippen LogP contribution in [-0.2, 0) is 0 Å². The van der Waals surface area contributed by atoms with Crippen LogP contribution in [0.2, 0.25) is 0 Å². The Balaban J connectivity index is 2.60. The maximum absolute atomic E-state index is 11.1. The molecule has 0 saturated carbocycles. The smallest absolute Gasteiger partial charge is 0.252 e. The monoisotopic (exact) mass is 208 g/mol. The highest BCUT2D eigenvalue weighted by Crippen LogP contribution is 2.33. The van der Waals surface area contributed by atoms with Gasteiger partial charge >= 0.3 is 0 Å². The average Bonchev–Trinajstić information content (AvgIpc) is 2.70. The number of primary amides is 1. The Bertz CT molecular complexity index is 459. The molecule has 2 rings (SSSR count). The van der Waals surface area contributed by atoms with Crippen molar-refractivity contribution in [3.05, 3.63) is 29.3 Å². The number of rotatable bonds is 2. The van der Waals surface area contributed by atoms with Crippen LogP contribution in [0, 0.1) is 0 Å². The Morgan fingerprint density at radius 2 is 2.29 bits per heavy atom. The van der Waals surface area contributed by atoms with Crippen LogP contribution in [-0.4, -0.2) is 5.91 Å². The van der Waals surface area contributed by atoms with Gasteiger partial charge in [0.2, 0.25) is 0 Å². The van der Waals surface area contributed by atoms with E-state index >= 15 is 0 Å². The molecule has 2 heterocycles. The molecule has 1 amide bonds. The molecule has 0 aromatic carbocycles. The van der Waals surface area contributed by atoms with Crippen LogP contribution in [0.25, 0.3) is 11.3 Å². The molecule has 0 aliphatic heterocycles. The van der Waals surface area contributed by atoms with Crippen molar-refractivity contribution in [2.75, 3.05) is 5.73 Å². The number of anilines is 1. The molecular weight excluding hydrogens is 200 g/mol. The van der Waals surface area contributed by atoms with Gasteiger partial charge in [0.1, 0.15) is 5.76 Å². The van der Waals surface area contributed by atoms with Crippen molar-refractivity contribution in [1.29, 1.82) is 0 Å². The van der Waals surface area contributed by atoms with Gasteiger partial charge in [0, 0.05) is 10.9 Å². The van der Waals surface area contributed by atoms with Gasteiger partial charge in [0.05, 0.1) is 16.8 Å². The van der Waals surface area contributed by atoms with E-state index in [1.165, 1.54) is 17.6 Å². The fourth-order valence-corrected chi connectivity index (χ4v) is 2.05. The van der Waals surface area contributed by atoms with Crippen molar-refractivity contribution in [1.82, 2.24) is 0 Å². The number of amides is 1. The fourth-order valence-electron chi connectivity index (χ4n) is 1.24. The zero-order chi connectivity index (χ0) is 10.1. The summed E-state index contributed by atoms with van der Waals surface area (Å²) >= 11 is 1.27. The number of nitrogen functional groups attached to an aromatic ring is 1. The van der Waals surface area contributed by atoms with Gasteiger partial charge in [-0.25, -0.2) is 0 Å². The Labute approximate surface area is 84.1 Å². The molecular formula is C9H8N2O2S. The minimum absolute atomic E-state index is 0.338. The van der Waals surface area contributed by atoms with Crippen LogP contribution in [0.1, 0.15) is 10.4 Å². The maximum Gasteiger partial charge on any atom is 0.252 e. The average molecular weight is 208 g/mol. The molecule has 5 heteroatoms. The van der Waals surface area contributed by atoms with Gasteiger partial charge in [-0.05, 0) is 12.1 Å². The predicted molar refractivity (Wildman–Crippen MR) is 55.0 cm³/mol. The topological polar surface area (TPSA) is 82.2 Å². The van der Waals surface area contributed by atoms with E-state index in [0.717, 1.165) is 0 Å². The van der Waals surface area contributed by atoms with Crippen LogP contribution in [0.3, 0.4) is 0 Å². The molecule has 0 spiro atoms. The third kappa shape index (κ3) is 1.27. The van der Waals surface area contributed by atoms with Crippen molar-refractivity contribution < 1.29 is 9.21 Å².